The zero-order chi connectivity index (χ0) is 14.1. The molecule has 0 aromatic rings. The first kappa shape index (κ1) is 15.1. The van der Waals surface area contributed by atoms with Gasteiger partial charge in [0.05, 0.1) is 18.5 Å². The normalized spacial score (nSPS) is 28.4. The summed E-state index contributed by atoms with van der Waals surface area (Å²) < 4.78 is 55.1. The number of nitrogens with zero attached hydrogens (tertiary/aromatic N) is 2. The molecule has 0 aromatic heterocycles. The van der Waals surface area contributed by atoms with Gasteiger partial charge >= 0.3 is 0 Å². The van der Waals surface area contributed by atoms with Crippen LogP contribution in [0.3, 0.4) is 0 Å². The van der Waals surface area contributed by atoms with E-state index in [0.717, 1.165) is 0 Å². The highest BCUT2D eigenvalue weighted by molar-refractivity contribution is 7.90. The molecule has 0 amide bonds. The van der Waals surface area contributed by atoms with Crippen molar-refractivity contribution in [1.82, 2.24) is 8.61 Å². The summed E-state index contributed by atoms with van der Waals surface area (Å²) in [4.78, 5) is 0. The van der Waals surface area contributed by atoms with Crippen molar-refractivity contribution in [3.8, 4) is 0 Å². The van der Waals surface area contributed by atoms with Crippen molar-refractivity contribution in [3.63, 3.8) is 0 Å². The molecule has 10 heteroatoms. The lowest BCUT2D eigenvalue weighted by Gasteiger charge is -2.35. The number of sulfonamides is 1. The average Bonchev–Trinajstić information content (AvgIpc) is 2.39. The molecule has 8 nitrogen and oxygen atoms in total. The summed E-state index contributed by atoms with van der Waals surface area (Å²) in [6.45, 7) is 1.62. The van der Waals surface area contributed by atoms with Crippen LogP contribution in [-0.4, -0.2) is 70.1 Å². The Kier molecular flexibility index (Phi) is 4.48. The number of nitrogens with two attached hydrogens (primary N) is 1. The second-order valence-electron chi connectivity index (χ2n) is 4.73. The third-order valence-corrected chi connectivity index (χ3v) is 6.74. The minimum atomic E-state index is -3.70. The number of rotatable bonds is 3. The van der Waals surface area contributed by atoms with Crippen molar-refractivity contribution in [2.45, 2.75) is 18.1 Å². The molecule has 2 aliphatic rings. The van der Waals surface area contributed by atoms with Gasteiger partial charge in [-0.05, 0) is 12.8 Å². The maximum atomic E-state index is 12.4. The standard InChI is InChI=1S/C9H19N3O5S2/c10-18(13,14)9-2-1-3-12(8-9)19(15,16)11-4-6-17-7-5-11/h9H,1-8H2,(H2,10,13,14). The number of morpholine rings is 1. The Hall–Kier alpha value is -0.260. The van der Waals surface area contributed by atoms with E-state index in [1.54, 1.807) is 0 Å². The fraction of sp³-hybridized carbons (Fsp3) is 1.00. The fourth-order valence-corrected chi connectivity index (χ4v) is 4.97. The van der Waals surface area contributed by atoms with Crippen LogP contribution in [0.15, 0.2) is 0 Å². The van der Waals surface area contributed by atoms with Gasteiger partial charge in [-0.2, -0.15) is 17.0 Å². The van der Waals surface area contributed by atoms with Crippen LogP contribution in [0, 0.1) is 0 Å². The van der Waals surface area contributed by atoms with E-state index < -0.39 is 25.5 Å². The summed E-state index contributed by atoms with van der Waals surface area (Å²) in [5, 5.41) is 4.30. The van der Waals surface area contributed by atoms with E-state index >= 15 is 0 Å². The van der Waals surface area contributed by atoms with E-state index in [1.807, 2.05) is 0 Å². The van der Waals surface area contributed by atoms with Crippen molar-refractivity contribution >= 4 is 20.2 Å². The Morgan fingerprint density at radius 2 is 1.63 bits per heavy atom. The second-order valence-corrected chi connectivity index (χ2v) is 8.50. The maximum absolute atomic E-state index is 12.4. The molecule has 0 spiro atoms. The Balaban J connectivity index is 2.11. The SMILES string of the molecule is NS(=O)(=O)C1CCCN(S(=O)(=O)N2CCOCC2)C1. The third-order valence-electron chi connectivity index (χ3n) is 3.43. The predicted molar refractivity (Wildman–Crippen MR) is 69.0 cm³/mol. The van der Waals surface area contributed by atoms with E-state index in [-0.39, 0.29) is 6.54 Å². The zero-order valence-electron chi connectivity index (χ0n) is 10.6. The highest BCUT2D eigenvalue weighted by Gasteiger charge is 2.37. The van der Waals surface area contributed by atoms with Crippen molar-refractivity contribution in [1.29, 1.82) is 0 Å². The lowest BCUT2D eigenvalue weighted by Crippen LogP contribution is -2.53. The second kappa shape index (κ2) is 5.62. The first-order chi connectivity index (χ1) is 8.82. The van der Waals surface area contributed by atoms with Crippen LogP contribution >= 0.6 is 0 Å². The Labute approximate surface area is 113 Å². The van der Waals surface area contributed by atoms with Crippen molar-refractivity contribution < 1.29 is 21.6 Å². The number of hydrogen-bond acceptors (Lipinski definition) is 5. The average molecular weight is 313 g/mol. The summed E-state index contributed by atoms with van der Waals surface area (Å²) in [6.07, 6.45) is 0.915. The van der Waals surface area contributed by atoms with Gasteiger partial charge in [0.2, 0.25) is 10.0 Å². The number of hydrogen-bond donors (Lipinski definition) is 1. The van der Waals surface area contributed by atoms with Crippen molar-refractivity contribution in [3.05, 3.63) is 0 Å². The van der Waals surface area contributed by atoms with Gasteiger partial charge in [-0.3, -0.25) is 0 Å². The van der Waals surface area contributed by atoms with Gasteiger partial charge in [0, 0.05) is 26.2 Å². The lowest BCUT2D eigenvalue weighted by atomic mass is 10.2. The van der Waals surface area contributed by atoms with Crippen LogP contribution < -0.4 is 5.14 Å². The van der Waals surface area contributed by atoms with Gasteiger partial charge in [-0.1, -0.05) is 0 Å². The molecule has 0 aromatic carbocycles. The molecule has 19 heavy (non-hydrogen) atoms. The Morgan fingerprint density at radius 3 is 2.21 bits per heavy atom. The lowest BCUT2D eigenvalue weighted by molar-refractivity contribution is 0.0698. The number of piperidine rings is 1. The molecule has 0 saturated carbocycles. The van der Waals surface area contributed by atoms with Crippen LogP contribution in [0.1, 0.15) is 12.8 Å². The maximum Gasteiger partial charge on any atom is 0.282 e. The van der Waals surface area contributed by atoms with Gasteiger partial charge in [0.1, 0.15) is 0 Å². The quantitative estimate of drug-likeness (QED) is 0.669. The molecule has 2 N–H and O–H groups in total. The van der Waals surface area contributed by atoms with Crippen LogP contribution in [0.2, 0.25) is 0 Å². The molecule has 0 bridgehead atoms. The predicted octanol–water partition coefficient (Wildman–Crippen LogP) is -1.68. The molecular weight excluding hydrogens is 294 g/mol. The van der Waals surface area contributed by atoms with Crippen molar-refractivity contribution in [2.75, 3.05) is 39.4 Å². The van der Waals surface area contributed by atoms with Gasteiger partial charge < -0.3 is 4.74 Å². The van der Waals surface area contributed by atoms with Gasteiger partial charge in [-0.15, -0.1) is 0 Å². The number of primary sulfonamides is 1. The van der Waals surface area contributed by atoms with Gasteiger partial charge in [-0.25, -0.2) is 13.6 Å². The van der Waals surface area contributed by atoms with E-state index in [1.165, 1.54) is 8.61 Å². The molecule has 1 unspecified atom stereocenters. The number of ether oxygens (including phenoxy) is 1. The summed E-state index contributed by atoms with van der Waals surface area (Å²) >= 11 is 0. The van der Waals surface area contributed by atoms with Crippen LogP contribution in [0.4, 0.5) is 0 Å². The van der Waals surface area contributed by atoms with Crippen LogP contribution in [0.5, 0.6) is 0 Å². The Morgan fingerprint density at radius 1 is 1.00 bits per heavy atom. The minimum Gasteiger partial charge on any atom is -0.379 e. The molecule has 2 saturated heterocycles. The molecule has 0 aliphatic carbocycles. The minimum absolute atomic E-state index is 0.0570. The highest BCUT2D eigenvalue weighted by Crippen LogP contribution is 2.20. The fourth-order valence-electron chi connectivity index (χ4n) is 2.32. The van der Waals surface area contributed by atoms with Crippen molar-refractivity contribution in [2.24, 2.45) is 5.14 Å². The van der Waals surface area contributed by atoms with Gasteiger partial charge in [0.15, 0.2) is 0 Å². The van der Waals surface area contributed by atoms with E-state index in [2.05, 4.69) is 0 Å². The molecule has 1 atom stereocenters. The monoisotopic (exact) mass is 313 g/mol. The molecule has 112 valence electrons. The van der Waals surface area contributed by atoms with E-state index in [9.17, 15) is 16.8 Å². The van der Waals surface area contributed by atoms with Gasteiger partial charge in [0.25, 0.3) is 10.2 Å². The molecule has 2 rings (SSSR count). The zero-order valence-corrected chi connectivity index (χ0v) is 12.2. The topological polar surface area (TPSA) is 110 Å². The molecule has 0 radical (unpaired) electrons. The summed E-state index contributed by atoms with van der Waals surface area (Å²) in [6, 6.07) is 0. The van der Waals surface area contributed by atoms with Crippen LogP contribution in [0.25, 0.3) is 0 Å². The molecular formula is C9H19N3O5S2. The largest absolute Gasteiger partial charge is 0.379 e. The van der Waals surface area contributed by atoms with E-state index in [4.69, 9.17) is 9.88 Å². The first-order valence-corrected chi connectivity index (χ1v) is 9.17. The summed E-state index contributed by atoms with van der Waals surface area (Å²) in [5.41, 5.74) is 0. The third kappa shape index (κ3) is 3.44. The first-order valence-electron chi connectivity index (χ1n) is 6.16. The molecule has 2 heterocycles. The van der Waals surface area contributed by atoms with Crippen LogP contribution in [-0.2, 0) is 25.0 Å². The summed E-state index contributed by atoms with van der Waals surface area (Å²) in [5.74, 6) is 0. The highest BCUT2D eigenvalue weighted by atomic mass is 32.2. The van der Waals surface area contributed by atoms with E-state index in [0.29, 0.717) is 45.7 Å². The Bertz CT molecular complexity index is 512. The molecule has 2 aliphatic heterocycles. The molecule has 2 fully saturated rings. The smallest absolute Gasteiger partial charge is 0.282 e. The summed E-state index contributed by atoms with van der Waals surface area (Å²) in [7, 11) is -7.31.